The lowest BCUT2D eigenvalue weighted by molar-refractivity contribution is -0.116. The van der Waals surface area contributed by atoms with Crippen molar-refractivity contribution in [2.75, 3.05) is 17.7 Å². The zero-order valence-corrected chi connectivity index (χ0v) is 15.0. The maximum absolute atomic E-state index is 12.1. The minimum atomic E-state index is -0.698. The fraction of sp³-hybridized carbons (Fsp3) is 0.211. The van der Waals surface area contributed by atoms with Crippen LogP contribution in [0.4, 0.5) is 11.4 Å². The smallest absolute Gasteiger partial charge is 0.340 e. The van der Waals surface area contributed by atoms with Gasteiger partial charge in [0, 0.05) is 28.4 Å². The van der Waals surface area contributed by atoms with Crippen molar-refractivity contribution >= 4 is 40.6 Å². The van der Waals surface area contributed by atoms with Crippen LogP contribution in [0.15, 0.2) is 42.5 Å². The standard InChI is InChI=1S/C19H19ClN2O4/c1-2-3-18(24)22-14-7-4-12(5-8-14)17(23)11-26-19(25)15-9-6-13(20)10-16(15)21/h4-10H,2-3,11,21H2,1H3,(H,22,24). The van der Waals surface area contributed by atoms with Gasteiger partial charge in [-0.1, -0.05) is 18.5 Å². The number of nitrogens with two attached hydrogens (primary N) is 1. The van der Waals surface area contributed by atoms with Crippen molar-refractivity contribution in [3.8, 4) is 0 Å². The average molecular weight is 375 g/mol. The van der Waals surface area contributed by atoms with Crippen LogP contribution in [0.3, 0.4) is 0 Å². The first-order valence-electron chi connectivity index (χ1n) is 8.06. The van der Waals surface area contributed by atoms with Gasteiger partial charge in [-0.05, 0) is 48.9 Å². The second-order valence-electron chi connectivity index (χ2n) is 5.61. The molecule has 26 heavy (non-hydrogen) atoms. The molecular weight excluding hydrogens is 356 g/mol. The Balaban J connectivity index is 1.93. The summed E-state index contributed by atoms with van der Waals surface area (Å²) in [6, 6.07) is 10.8. The Morgan fingerprint density at radius 3 is 2.42 bits per heavy atom. The molecule has 0 saturated heterocycles. The van der Waals surface area contributed by atoms with Crippen LogP contribution < -0.4 is 11.1 Å². The molecule has 2 aromatic rings. The summed E-state index contributed by atoms with van der Waals surface area (Å²) in [5.41, 5.74) is 7.02. The van der Waals surface area contributed by atoms with E-state index in [1.165, 1.54) is 18.2 Å². The van der Waals surface area contributed by atoms with Gasteiger partial charge in [-0.25, -0.2) is 4.79 Å². The van der Waals surface area contributed by atoms with E-state index in [-0.39, 0.29) is 22.9 Å². The molecule has 0 spiro atoms. The van der Waals surface area contributed by atoms with Crippen molar-refractivity contribution in [2.24, 2.45) is 0 Å². The first kappa shape index (κ1) is 19.5. The Kier molecular flexibility index (Phi) is 6.74. The monoisotopic (exact) mass is 374 g/mol. The van der Waals surface area contributed by atoms with Crippen LogP contribution in [-0.4, -0.2) is 24.3 Å². The van der Waals surface area contributed by atoms with Crippen LogP contribution in [0, 0.1) is 0 Å². The number of anilines is 2. The van der Waals surface area contributed by atoms with Crippen LogP contribution >= 0.6 is 11.6 Å². The Bertz CT molecular complexity index is 819. The third-order valence-corrected chi connectivity index (χ3v) is 3.77. The lowest BCUT2D eigenvalue weighted by Crippen LogP contribution is -2.15. The molecule has 0 bridgehead atoms. The number of carbonyl (C=O) groups is 3. The van der Waals surface area contributed by atoms with Crippen molar-refractivity contribution in [2.45, 2.75) is 19.8 Å². The molecule has 3 N–H and O–H groups in total. The molecule has 7 heteroatoms. The number of rotatable bonds is 7. The topological polar surface area (TPSA) is 98.5 Å². The summed E-state index contributed by atoms with van der Waals surface area (Å²) < 4.78 is 5.01. The molecule has 1 amide bonds. The predicted octanol–water partition coefficient (Wildman–Crippen LogP) is 3.70. The Morgan fingerprint density at radius 2 is 1.81 bits per heavy atom. The minimum Gasteiger partial charge on any atom is -0.454 e. The lowest BCUT2D eigenvalue weighted by atomic mass is 10.1. The maximum Gasteiger partial charge on any atom is 0.340 e. The van der Waals surface area contributed by atoms with E-state index in [1.54, 1.807) is 24.3 Å². The van der Waals surface area contributed by atoms with Crippen LogP contribution in [-0.2, 0) is 9.53 Å². The predicted molar refractivity (Wildman–Crippen MR) is 100 cm³/mol. The first-order valence-corrected chi connectivity index (χ1v) is 8.43. The Morgan fingerprint density at radius 1 is 1.12 bits per heavy atom. The van der Waals surface area contributed by atoms with Gasteiger partial charge in [-0.3, -0.25) is 9.59 Å². The second-order valence-corrected chi connectivity index (χ2v) is 6.04. The summed E-state index contributed by atoms with van der Waals surface area (Å²) in [5.74, 6) is -1.14. The molecular formula is C19H19ClN2O4. The molecule has 0 saturated carbocycles. The van der Waals surface area contributed by atoms with Gasteiger partial charge in [0.2, 0.25) is 5.91 Å². The number of nitrogen functional groups attached to an aromatic ring is 1. The zero-order valence-electron chi connectivity index (χ0n) is 14.3. The van der Waals surface area contributed by atoms with E-state index >= 15 is 0 Å². The molecule has 0 aliphatic heterocycles. The summed E-state index contributed by atoms with van der Waals surface area (Å²) in [6.07, 6.45) is 1.19. The number of ether oxygens (including phenoxy) is 1. The van der Waals surface area contributed by atoms with Gasteiger partial charge in [0.25, 0.3) is 0 Å². The van der Waals surface area contributed by atoms with E-state index in [4.69, 9.17) is 22.1 Å². The van der Waals surface area contributed by atoms with E-state index in [1.807, 2.05) is 6.92 Å². The van der Waals surface area contributed by atoms with Gasteiger partial charge in [-0.15, -0.1) is 0 Å². The number of esters is 1. The van der Waals surface area contributed by atoms with E-state index in [0.717, 1.165) is 6.42 Å². The van der Waals surface area contributed by atoms with Gasteiger partial charge < -0.3 is 15.8 Å². The minimum absolute atomic E-state index is 0.0824. The summed E-state index contributed by atoms with van der Waals surface area (Å²) in [7, 11) is 0. The van der Waals surface area contributed by atoms with Gasteiger partial charge in [0.05, 0.1) is 5.56 Å². The van der Waals surface area contributed by atoms with Crippen molar-refractivity contribution < 1.29 is 19.1 Å². The van der Waals surface area contributed by atoms with Gasteiger partial charge >= 0.3 is 5.97 Å². The maximum atomic E-state index is 12.1. The first-order chi connectivity index (χ1) is 12.4. The van der Waals surface area contributed by atoms with Gasteiger partial charge in [0.1, 0.15) is 0 Å². The number of amides is 1. The van der Waals surface area contributed by atoms with Crippen molar-refractivity contribution in [3.63, 3.8) is 0 Å². The van der Waals surface area contributed by atoms with E-state index in [0.29, 0.717) is 22.7 Å². The van der Waals surface area contributed by atoms with E-state index in [9.17, 15) is 14.4 Å². The average Bonchev–Trinajstić information content (AvgIpc) is 2.60. The van der Waals surface area contributed by atoms with Crippen LogP contribution in [0.5, 0.6) is 0 Å². The Labute approximate surface area is 156 Å². The number of Topliss-reactive ketones (excluding diaryl/α,β-unsaturated/α-hetero) is 1. The molecule has 0 unspecified atom stereocenters. The van der Waals surface area contributed by atoms with Gasteiger partial charge in [-0.2, -0.15) is 0 Å². The quantitative estimate of drug-likeness (QED) is 0.437. The van der Waals surface area contributed by atoms with Crippen LogP contribution in [0.1, 0.15) is 40.5 Å². The highest BCUT2D eigenvalue weighted by Crippen LogP contribution is 2.19. The largest absolute Gasteiger partial charge is 0.454 e. The van der Waals surface area contributed by atoms with Gasteiger partial charge in [0.15, 0.2) is 12.4 Å². The lowest BCUT2D eigenvalue weighted by Gasteiger charge is -2.08. The molecule has 0 atom stereocenters. The molecule has 0 aliphatic carbocycles. The van der Waals surface area contributed by atoms with Crippen LogP contribution in [0.2, 0.25) is 5.02 Å². The second kappa shape index (κ2) is 9.01. The molecule has 0 aliphatic rings. The molecule has 0 aromatic heterocycles. The molecule has 2 rings (SSSR count). The number of carbonyl (C=O) groups excluding carboxylic acids is 3. The summed E-state index contributed by atoms with van der Waals surface area (Å²) in [6.45, 7) is 1.50. The van der Waals surface area contributed by atoms with E-state index < -0.39 is 12.6 Å². The number of halogens is 1. The Hall–Kier alpha value is -2.86. The number of nitrogens with one attached hydrogen (secondary N) is 1. The molecule has 6 nitrogen and oxygen atoms in total. The zero-order chi connectivity index (χ0) is 19.1. The summed E-state index contributed by atoms with van der Waals surface area (Å²) >= 11 is 5.78. The number of hydrogen-bond donors (Lipinski definition) is 2. The SMILES string of the molecule is CCCC(=O)Nc1ccc(C(=O)COC(=O)c2ccc(Cl)cc2N)cc1. The van der Waals surface area contributed by atoms with Crippen molar-refractivity contribution in [1.29, 1.82) is 0 Å². The molecule has 136 valence electrons. The third kappa shape index (κ3) is 5.32. The molecule has 0 fully saturated rings. The van der Waals surface area contributed by atoms with Crippen LogP contribution in [0.25, 0.3) is 0 Å². The highest BCUT2D eigenvalue weighted by atomic mass is 35.5. The third-order valence-electron chi connectivity index (χ3n) is 3.54. The summed E-state index contributed by atoms with van der Waals surface area (Å²) in [4.78, 5) is 35.7. The van der Waals surface area contributed by atoms with Crippen molar-refractivity contribution in [1.82, 2.24) is 0 Å². The number of hydrogen-bond acceptors (Lipinski definition) is 5. The normalized spacial score (nSPS) is 10.2. The summed E-state index contributed by atoms with van der Waals surface area (Å²) in [5, 5.41) is 3.14. The van der Waals surface area contributed by atoms with Crippen molar-refractivity contribution in [3.05, 3.63) is 58.6 Å². The fourth-order valence-electron chi connectivity index (χ4n) is 2.20. The highest BCUT2D eigenvalue weighted by Gasteiger charge is 2.14. The molecule has 0 radical (unpaired) electrons. The highest BCUT2D eigenvalue weighted by molar-refractivity contribution is 6.31. The van der Waals surface area contributed by atoms with E-state index in [2.05, 4.69) is 5.32 Å². The number of ketones is 1. The fourth-order valence-corrected chi connectivity index (χ4v) is 2.38. The molecule has 0 heterocycles. The molecule has 2 aromatic carbocycles. The number of benzene rings is 2.